The predicted octanol–water partition coefficient (Wildman–Crippen LogP) is 11.8. The number of benzene rings is 6. The molecule has 262 valence electrons. The second-order valence-corrected chi connectivity index (χ2v) is 17.7. The standard InChI is InChI=1S/C36H32N5O6P5/c1-7-19-31(20-8-1)42-39-49-37-48-38-50(45-34-25-13-4-14-26-34)40(43-32-21-9-2-10-22-32)52(47-36-29-17-6-18-30-36)41(44-33-23-11-3-12-24-33)51(39)46-35-27-15-5-16-28-35/h1-30,38,48H. The Kier molecular flexibility index (Phi) is 12.3. The largest absolute Gasteiger partial charge is 0.415 e. The average molecular weight is 786 g/mol. The molecule has 52 heavy (non-hydrogen) atoms. The molecule has 0 radical (unpaired) electrons. The second-order valence-electron chi connectivity index (χ2n) is 10.4. The van der Waals surface area contributed by atoms with E-state index in [0.29, 0.717) is 43.0 Å². The lowest BCUT2D eigenvalue weighted by atomic mass is 10.3. The number of nitrogens with one attached hydrogen (secondary N) is 1. The van der Waals surface area contributed by atoms with E-state index in [1.54, 1.807) is 12.8 Å². The SMILES string of the molecule is c1ccc(On2pn[pH][nH]p(Oc3ccccc3)n(Oc3ccccc3)p(Oc3ccccc3)n(Oc3ccccc3)p2Oc2ccccc2)cc1. The highest BCUT2D eigenvalue weighted by molar-refractivity contribution is 7.56. The molecule has 6 aromatic carbocycles. The van der Waals surface area contributed by atoms with Crippen molar-refractivity contribution in [2.45, 2.75) is 0 Å². The van der Waals surface area contributed by atoms with Gasteiger partial charge in [0.1, 0.15) is 17.2 Å². The van der Waals surface area contributed by atoms with Gasteiger partial charge in [-0.05, 0) is 77.1 Å². The number of hydrogen-bond acceptors (Lipinski definition) is 7. The van der Waals surface area contributed by atoms with Crippen LogP contribution in [0.1, 0.15) is 0 Å². The van der Waals surface area contributed by atoms with Crippen molar-refractivity contribution in [3.63, 3.8) is 0 Å². The van der Waals surface area contributed by atoms with Crippen LogP contribution in [0.15, 0.2) is 182 Å². The van der Waals surface area contributed by atoms with Gasteiger partial charge in [0.2, 0.25) is 0 Å². The van der Waals surface area contributed by atoms with Gasteiger partial charge in [0.05, 0.1) is 0 Å². The van der Waals surface area contributed by atoms with Crippen LogP contribution < -0.4 is 28.1 Å². The Bertz CT molecular complexity index is 2100. The van der Waals surface area contributed by atoms with Gasteiger partial charge >= 0.3 is 16.2 Å². The zero-order chi connectivity index (χ0) is 35.2. The summed E-state index contributed by atoms with van der Waals surface area (Å²) in [7, 11) is -5.78. The van der Waals surface area contributed by atoms with Crippen LogP contribution in [0.5, 0.6) is 34.5 Å². The Morgan fingerprint density at radius 2 is 0.788 bits per heavy atom. The normalized spacial score (nSPS) is 11.7. The van der Waals surface area contributed by atoms with Crippen LogP contribution in [-0.2, 0) is 0 Å². The Morgan fingerprint density at radius 3 is 1.25 bits per heavy atom. The minimum Gasteiger partial charge on any atom is -0.415 e. The number of rotatable bonds is 12. The van der Waals surface area contributed by atoms with Crippen molar-refractivity contribution in [2.24, 2.45) is 0 Å². The number of aromatic nitrogens is 5. The smallest absolute Gasteiger partial charge is 0.321 e. The van der Waals surface area contributed by atoms with Crippen LogP contribution in [-0.4, -0.2) is 21.8 Å². The molecular formula is C36H32N5O6P5. The van der Waals surface area contributed by atoms with E-state index in [1.807, 2.05) is 182 Å². The van der Waals surface area contributed by atoms with Crippen molar-refractivity contribution >= 4 is 41.3 Å². The number of hydrogen-bond donors (Lipinski definition) is 1. The lowest BCUT2D eigenvalue weighted by Gasteiger charge is -2.22. The molecule has 7 aromatic rings. The summed E-state index contributed by atoms with van der Waals surface area (Å²) in [5.41, 5.74) is 0. The van der Waals surface area contributed by atoms with E-state index in [0.717, 1.165) is 0 Å². The molecule has 0 bridgehead atoms. The molecule has 0 fully saturated rings. The lowest BCUT2D eigenvalue weighted by molar-refractivity contribution is 0.220. The minimum atomic E-state index is -2.16. The molecule has 4 atom stereocenters. The third-order valence-corrected chi connectivity index (χ3v) is 14.4. The lowest BCUT2D eigenvalue weighted by Crippen LogP contribution is -2.16. The van der Waals surface area contributed by atoms with Gasteiger partial charge in [-0.2, -0.15) is 4.51 Å². The molecule has 0 aliphatic carbocycles. The van der Waals surface area contributed by atoms with Crippen molar-refractivity contribution in [1.29, 1.82) is 0 Å². The number of aromatic amines is 1. The Labute approximate surface area is 306 Å². The zero-order valence-corrected chi connectivity index (χ0v) is 31.9. The average Bonchev–Trinajstić information content (AvgIpc) is 3.20. The molecule has 0 spiro atoms. The maximum Gasteiger partial charge on any atom is 0.321 e. The molecule has 0 amide bonds. The quantitative estimate of drug-likeness (QED) is 0.132. The fraction of sp³-hybridized carbons (Fsp3) is 0. The maximum atomic E-state index is 6.98. The highest BCUT2D eigenvalue weighted by Gasteiger charge is 2.23. The Balaban J connectivity index is 1.61. The van der Waals surface area contributed by atoms with Crippen molar-refractivity contribution in [3.05, 3.63) is 182 Å². The predicted molar refractivity (Wildman–Crippen MR) is 210 cm³/mol. The van der Waals surface area contributed by atoms with E-state index in [4.69, 9.17) is 32.6 Å². The summed E-state index contributed by atoms with van der Waals surface area (Å²) in [6, 6.07) is 56.9. The summed E-state index contributed by atoms with van der Waals surface area (Å²) in [6.45, 7) is 0. The summed E-state index contributed by atoms with van der Waals surface area (Å²) in [6.07, 6.45) is 0. The molecule has 16 heteroatoms. The Hall–Kier alpha value is -5.38. The molecule has 7 rings (SSSR count). The first-order valence-corrected chi connectivity index (χ1v) is 21.2. The summed E-state index contributed by atoms with van der Waals surface area (Å²) >= 11 is 0. The van der Waals surface area contributed by atoms with Crippen LogP contribution in [0, 0.1) is 0 Å². The fourth-order valence-corrected chi connectivity index (χ4v) is 12.7. The summed E-state index contributed by atoms with van der Waals surface area (Å²) in [5, 5.41) is 0. The van der Waals surface area contributed by atoms with Crippen LogP contribution in [0.4, 0.5) is 0 Å². The van der Waals surface area contributed by atoms with Gasteiger partial charge in [0, 0.05) is 8.51 Å². The van der Waals surface area contributed by atoms with E-state index in [-0.39, 0.29) is 8.51 Å². The first kappa shape index (κ1) is 35.0. The minimum absolute atomic E-state index is 0.138. The van der Waals surface area contributed by atoms with Gasteiger partial charge in [0.25, 0.3) is 8.08 Å². The topological polar surface area (TPSA) is 98.9 Å². The van der Waals surface area contributed by atoms with Crippen LogP contribution in [0.25, 0.3) is 0 Å². The van der Waals surface area contributed by atoms with Gasteiger partial charge in [-0.15, -0.1) is 0 Å². The molecule has 0 saturated carbocycles. The fourth-order valence-electron chi connectivity index (χ4n) is 4.32. The zero-order valence-electron chi connectivity index (χ0n) is 27.3. The molecule has 1 aromatic heterocycles. The molecule has 0 aliphatic rings. The summed E-state index contributed by atoms with van der Waals surface area (Å²) in [4.78, 5) is 20.2. The van der Waals surface area contributed by atoms with E-state index in [2.05, 4.69) is 4.51 Å². The highest BCUT2D eigenvalue weighted by Crippen LogP contribution is 2.45. The number of H-pyrrole nitrogens is 1. The van der Waals surface area contributed by atoms with E-state index in [1.165, 1.54) is 0 Å². The summed E-state index contributed by atoms with van der Waals surface area (Å²) in [5.74, 6) is 3.45. The second kappa shape index (κ2) is 18.2. The van der Waals surface area contributed by atoms with Crippen molar-refractivity contribution in [3.8, 4) is 34.5 Å². The molecule has 1 heterocycles. The summed E-state index contributed by atoms with van der Waals surface area (Å²) < 4.78 is 33.9. The van der Waals surface area contributed by atoms with Crippen molar-refractivity contribution < 1.29 is 28.1 Å². The first-order valence-electron chi connectivity index (χ1n) is 15.9. The van der Waals surface area contributed by atoms with E-state index >= 15 is 0 Å². The van der Waals surface area contributed by atoms with Crippen molar-refractivity contribution in [2.75, 3.05) is 0 Å². The third kappa shape index (κ3) is 9.69. The number of para-hydroxylation sites is 6. The van der Waals surface area contributed by atoms with Crippen molar-refractivity contribution in [1.82, 2.24) is 21.8 Å². The third-order valence-electron chi connectivity index (χ3n) is 6.64. The molecule has 0 saturated heterocycles. The monoisotopic (exact) mass is 785 g/mol. The van der Waals surface area contributed by atoms with Gasteiger partial charge in [-0.3, -0.25) is 4.51 Å². The molecule has 0 aliphatic heterocycles. The maximum absolute atomic E-state index is 6.98. The molecule has 1 N–H and O–H groups in total. The molecule has 11 nitrogen and oxygen atoms in total. The van der Waals surface area contributed by atoms with E-state index < -0.39 is 24.2 Å². The van der Waals surface area contributed by atoms with Crippen LogP contribution >= 0.6 is 41.3 Å². The number of nitrogens with zero attached hydrogens (tertiary/aromatic N) is 4. The first-order chi connectivity index (χ1) is 25.8. The van der Waals surface area contributed by atoms with Gasteiger partial charge in [-0.25, -0.2) is 0 Å². The van der Waals surface area contributed by atoms with Crippen LogP contribution in [0.2, 0.25) is 0 Å². The molecule has 4 unspecified atom stereocenters. The van der Waals surface area contributed by atoms with Gasteiger partial charge in [0.15, 0.2) is 25.8 Å². The van der Waals surface area contributed by atoms with Gasteiger partial charge in [-0.1, -0.05) is 118 Å². The van der Waals surface area contributed by atoms with Crippen LogP contribution in [0.3, 0.4) is 0 Å². The van der Waals surface area contributed by atoms with Gasteiger partial charge < -0.3 is 28.1 Å². The molecular weight excluding hydrogens is 753 g/mol. The highest BCUT2D eigenvalue weighted by atomic mass is 31.2. The Morgan fingerprint density at radius 1 is 0.423 bits per heavy atom. The van der Waals surface area contributed by atoms with E-state index in [9.17, 15) is 0 Å².